The third kappa shape index (κ3) is 1.99. The number of hydrogen-bond donors (Lipinski definition) is 0. The quantitative estimate of drug-likeness (QED) is 0.765. The van der Waals surface area contributed by atoms with Crippen molar-refractivity contribution < 1.29 is 4.79 Å². The van der Waals surface area contributed by atoms with E-state index < -0.39 is 5.41 Å². The van der Waals surface area contributed by atoms with Crippen molar-refractivity contribution in [1.82, 2.24) is 0 Å². The summed E-state index contributed by atoms with van der Waals surface area (Å²) in [5.41, 5.74) is 5.43. The highest BCUT2D eigenvalue weighted by molar-refractivity contribution is 8.09. The highest BCUT2D eigenvalue weighted by atomic mass is 32.2. The van der Waals surface area contributed by atoms with Gasteiger partial charge in [-0.3, -0.25) is 4.79 Å². The van der Waals surface area contributed by atoms with Crippen molar-refractivity contribution >= 4 is 33.8 Å². The zero-order chi connectivity index (χ0) is 16.2. The molecule has 116 valence electrons. The lowest BCUT2D eigenvalue weighted by Crippen LogP contribution is -2.45. The fourth-order valence-electron chi connectivity index (χ4n) is 3.64. The number of amides is 1. The lowest BCUT2D eigenvalue weighted by Gasteiger charge is -2.38. The van der Waals surface area contributed by atoms with Gasteiger partial charge in [-0.15, -0.1) is 11.8 Å². The van der Waals surface area contributed by atoms with Crippen LogP contribution in [0.1, 0.15) is 23.6 Å². The summed E-state index contributed by atoms with van der Waals surface area (Å²) in [5.74, 6) is 1.01. The van der Waals surface area contributed by atoms with Gasteiger partial charge in [0.15, 0.2) is 0 Å². The summed E-state index contributed by atoms with van der Waals surface area (Å²) >= 11 is 1.81. The van der Waals surface area contributed by atoms with Crippen LogP contribution in [0.5, 0.6) is 0 Å². The maximum atomic E-state index is 13.0. The molecular weight excluding hydrogens is 302 g/mol. The van der Waals surface area contributed by atoms with E-state index in [9.17, 15) is 4.79 Å². The van der Waals surface area contributed by atoms with E-state index in [2.05, 4.69) is 56.3 Å². The summed E-state index contributed by atoms with van der Waals surface area (Å²) in [6, 6.07) is 16.8. The molecule has 0 unspecified atom stereocenters. The summed E-state index contributed by atoms with van der Waals surface area (Å²) in [4.78, 5) is 16.1. The second-order valence-corrected chi connectivity index (χ2v) is 7.56. The molecule has 0 saturated heterocycles. The first-order chi connectivity index (χ1) is 11.0. The Kier molecular flexibility index (Phi) is 3.17. The molecule has 0 aromatic heterocycles. The lowest BCUT2D eigenvalue weighted by molar-refractivity contribution is -0.123. The van der Waals surface area contributed by atoms with Gasteiger partial charge in [0.25, 0.3) is 0 Å². The fraction of sp³-hybridized carbons (Fsp3) is 0.250. The number of fused-ring (bicyclic) bond motifs is 3. The smallest absolute Gasteiger partial charge is 0.238 e. The molecule has 4 rings (SSSR count). The molecule has 0 fully saturated rings. The number of carbonyl (C=O) groups is 1. The lowest BCUT2D eigenvalue weighted by atomic mass is 9.74. The second kappa shape index (κ2) is 5.00. The third-order valence-electron chi connectivity index (χ3n) is 4.88. The van der Waals surface area contributed by atoms with Crippen LogP contribution in [0.25, 0.3) is 10.5 Å². The van der Waals surface area contributed by atoms with E-state index in [0.717, 1.165) is 11.4 Å². The number of thioether (sulfide) groups is 1. The zero-order valence-corrected chi connectivity index (χ0v) is 14.4. The molecule has 2 aromatic carbocycles. The summed E-state index contributed by atoms with van der Waals surface area (Å²) in [5, 5.41) is 0. The van der Waals surface area contributed by atoms with E-state index in [-0.39, 0.29) is 5.91 Å². The van der Waals surface area contributed by atoms with Crippen molar-refractivity contribution in [2.45, 2.75) is 13.8 Å². The van der Waals surface area contributed by atoms with Crippen molar-refractivity contribution in [3.8, 4) is 0 Å². The Labute approximate surface area is 141 Å². The van der Waals surface area contributed by atoms with Crippen LogP contribution in [0.15, 0.2) is 48.5 Å². The Balaban J connectivity index is 2.05. The molecule has 3 heteroatoms. The number of hydrogen-bond acceptors (Lipinski definition) is 2. The average molecular weight is 321 g/mol. The van der Waals surface area contributed by atoms with Crippen LogP contribution < -0.4 is 4.90 Å². The van der Waals surface area contributed by atoms with Crippen molar-refractivity contribution in [2.75, 3.05) is 17.7 Å². The van der Waals surface area contributed by atoms with Gasteiger partial charge in [0.05, 0.1) is 11.1 Å². The van der Waals surface area contributed by atoms with E-state index >= 15 is 0 Å². The molecule has 0 bridgehead atoms. The van der Waals surface area contributed by atoms with E-state index in [1.54, 1.807) is 0 Å². The van der Waals surface area contributed by atoms with Crippen LogP contribution in [-0.4, -0.2) is 18.7 Å². The first kappa shape index (κ1) is 14.6. The molecule has 1 atom stereocenters. The largest absolute Gasteiger partial charge is 0.314 e. The molecule has 0 spiro atoms. The molecular formula is C20H19NOS. The van der Waals surface area contributed by atoms with Gasteiger partial charge < -0.3 is 4.90 Å². The SMILES string of the molecule is Cc1ccc2c(c1)C1=C(c3ccccc3)SC[C@@]1(C)C(=O)N2C. The number of rotatable bonds is 1. The van der Waals surface area contributed by atoms with Crippen LogP contribution in [0.4, 0.5) is 5.69 Å². The first-order valence-electron chi connectivity index (χ1n) is 7.84. The van der Waals surface area contributed by atoms with Gasteiger partial charge in [0.2, 0.25) is 5.91 Å². The minimum Gasteiger partial charge on any atom is -0.314 e. The summed E-state index contributed by atoms with van der Waals surface area (Å²) < 4.78 is 0. The molecule has 0 saturated carbocycles. The van der Waals surface area contributed by atoms with Crippen LogP contribution in [-0.2, 0) is 4.79 Å². The maximum absolute atomic E-state index is 13.0. The van der Waals surface area contributed by atoms with Crippen LogP contribution in [0.3, 0.4) is 0 Å². The van der Waals surface area contributed by atoms with Gasteiger partial charge >= 0.3 is 0 Å². The van der Waals surface area contributed by atoms with E-state index in [1.807, 2.05) is 29.8 Å². The Bertz CT molecular complexity index is 840. The first-order valence-corrected chi connectivity index (χ1v) is 8.83. The van der Waals surface area contributed by atoms with Gasteiger partial charge in [-0.25, -0.2) is 0 Å². The minimum absolute atomic E-state index is 0.197. The predicted molar refractivity (Wildman–Crippen MR) is 98.4 cm³/mol. The number of anilines is 1. The van der Waals surface area contributed by atoms with E-state index in [4.69, 9.17) is 0 Å². The fourth-order valence-corrected chi connectivity index (χ4v) is 5.12. The molecule has 0 radical (unpaired) electrons. The molecule has 23 heavy (non-hydrogen) atoms. The topological polar surface area (TPSA) is 20.3 Å². The Hall–Kier alpha value is -2.00. The molecule has 2 nitrogen and oxygen atoms in total. The van der Waals surface area contributed by atoms with E-state index in [1.165, 1.54) is 27.2 Å². The van der Waals surface area contributed by atoms with Gasteiger partial charge in [-0.2, -0.15) is 0 Å². The zero-order valence-electron chi connectivity index (χ0n) is 13.6. The molecule has 2 aliphatic rings. The standard InChI is InChI=1S/C20H19NOS/c1-13-9-10-16-15(11-13)17-18(14-7-5-4-6-8-14)23-12-20(17,2)19(22)21(16)3/h4-11H,12H2,1-3H3/t20-/m1/s1. The summed E-state index contributed by atoms with van der Waals surface area (Å²) in [6.45, 7) is 4.20. The number of benzene rings is 2. The highest BCUT2D eigenvalue weighted by Gasteiger charge is 2.50. The van der Waals surface area contributed by atoms with E-state index in [0.29, 0.717) is 0 Å². The maximum Gasteiger partial charge on any atom is 0.238 e. The normalized spacial score (nSPS) is 23.1. The van der Waals surface area contributed by atoms with Gasteiger partial charge in [-0.05, 0) is 37.1 Å². The molecule has 0 N–H and O–H groups in total. The monoisotopic (exact) mass is 321 g/mol. The molecule has 2 aromatic rings. The highest BCUT2D eigenvalue weighted by Crippen LogP contribution is 2.58. The Morgan fingerprint density at radius 2 is 1.87 bits per heavy atom. The number of nitrogens with zero attached hydrogens (tertiary/aromatic N) is 1. The summed E-state index contributed by atoms with van der Waals surface area (Å²) in [6.07, 6.45) is 0. The third-order valence-corrected chi connectivity index (χ3v) is 6.33. The van der Waals surface area contributed by atoms with Crippen molar-refractivity contribution in [3.05, 3.63) is 65.2 Å². The van der Waals surface area contributed by atoms with Crippen LogP contribution in [0.2, 0.25) is 0 Å². The summed E-state index contributed by atoms with van der Waals surface area (Å²) in [7, 11) is 1.89. The van der Waals surface area contributed by atoms with Crippen molar-refractivity contribution in [3.63, 3.8) is 0 Å². The molecule has 2 heterocycles. The molecule has 1 amide bonds. The van der Waals surface area contributed by atoms with Crippen LogP contribution >= 0.6 is 11.8 Å². The Morgan fingerprint density at radius 3 is 2.61 bits per heavy atom. The van der Waals surface area contributed by atoms with Gasteiger partial charge in [-0.1, -0.05) is 42.0 Å². The second-order valence-electron chi connectivity index (χ2n) is 6.58. The number of aryl methyl sites for hydroxylation is 1. The van der Waals surface area contributed by atoms with Gasteiger partial charge in [0.1, 0.15) is 0 Å². The van der Waals surface area contributed by atoms with Crippen LogP contribution in [0, 0.1) is 12.3 Å². The predicted octanol–water partition coefficient (Wildman–Crippen LogP) is 4.59. The number of carbonyl (C=O) groups excluding carboxylic acids is 1. The average Bonchev–Trinajstić information content (AvgIpc) is 2.92. The van der Waals surface area contributed by atoms with Crippen molar-refractivity contribution in [1.29, 1.82) is 0 Å². The Morgan fingerprint density at radius 1 is 1.13 bits per heavy atom. The van der Waals surface area contributed by atoms with Gasteiger partial charge in [0, 0.05) is 23.3 Å². The molecule has 2 aliphatic heterocycles. The minimum atomic E-state index is -0.439. The van der Waals surface area contributed by atoms with Crippen molar-refractivity contribution in [2.24, 2.45) is 5.41 Å². The molecule has 0 aliphatic carbocycles.